The highest BCUT2D eigenvalue weighted by Gasteiger charge is 2.25. The number of hydrogen-bond acceptors (Lipinski definition) is 3. The largest absolute Gasteiger partial charge is 0.384 e. The van der Waals surface area contributed by atoms with Gasteiger partial charge in [0.1, 0.15) is 0 Å². The number of rotatable bonds is 8. The number of nitrogens with two attached hydrogens (primary N) is 1. The first-order chi connectivity index (χ1) is 9.69. The molecule has 1 saturated carbocycles. The molecule has 1 atom stereocenters. The van der Waals surface area contributed by atoms with Gasteiger partial charge in [0.25, 0.3) is 0 Å². The van der Waals surface area contributed by atoms with Gasteiger partial charge in [-0.15, -0.1) is 0 Å². The first-order valence-corrected chi connectivity index (χ1v) is 8.17. The molecule has 1 amide bonds. The Labute approximate surface area is 124 Å². The van der Waals surface area contributed by atoms with Gasteiger partial charge < -0.3 is 15.4 Å². The molecule has 1 unspecified atom stereocenters. The van der Waals surface area contributed by atoms with Crippen LogP contribution in [0.5, 0.6) is 0 Å². The molecule has 2 N–H and O–H groups in total. The molecule has 0 aliphatic heterocycles. The number of ether oxygens (including phenoxy) is 1. The molecule has 4 nitrogen and oxygen atoms in total. The first kappa shape index (κ1) is 17.4. The van der Waals surface area contributed by atoms with Crippen molar-refractivity contribution in [2.24, 2.45) is 11.7 Å². The van der Waals surface area contributed by atoms with Gasteiger partial charge in [-0.05, 0) is 31.7 Å². The number of nitrogens with zero attached hydrogens (tertiary/aromatic N) is 1. The van der Waals surface area contributed by atoms with E-state index in [-0.39, 0.29) is 5.91 Å². The number of carbonyl (C=O) groups excluding carboxylic acids is 1. The van der Waals surface area contributed by atoms with Gasteiger partial charge in [0.05, 0.1) is 0 Å². The summed E-state index contributed by atoms with van der Waals surface area (Å²) < 4.78 is 5.14. The van der Waals surface area contributed by atoms with Crippen LogP contribution in [0.1, 0.15) is 58.3 Å². The van der Waals surface area contributed by atoms with Gasteiger partial charge in [-0.2, -0.15) is 0 Å². The molecule has 1 aliphatic carbocycles. The third-order valence-electron chi connectivity index (χ3n) is 4.16. The number of carbonyl (C=O) groups is 1. The number of methoxy groups -OCH3 is 1. The highest BCUT2D eigenvalue weighted by Crippen LogP contribution is 2.23. The molecular weight excluding hydrogens is 252 g/mol. The minimum Gasteiger partial charge on any atom is -0.384 e. The van der Waals surface area contributed by atoms with Crippen LogP contribution in [-0.4, -0.2) is 43.7 Å². The maximum Gasteiger partial charge on any atom is 0.223 e. The van der Waals surface area contributed by atoms with E-state index >= 15 is 0 Å². The SMILES string of the molecule is COCC(C)CC(=O)N(CCCN)C1CCCCCC1. The normalized spacial score (nSPS) is 18.6. The predicted octanol–water partition coefficient (Wildman–Crippen LogP) is 2.56. The Kier molecular flexibility index (Phi) is 8.86. The van der Waals surface area contributed by atoms with E-state index in [0.717, 1.165) is 25.8 Å². The van der Waals surface area contributed by atoms with Crippen LogP contribution >= 0.6 is 0 Å². The third kappa shape index (κ3) is 6.23. The van der Waals surface area contributed by atoms with Crippen molar-refractivity contribution in [2.45, 2.75) is 64.3 Å². The highest BCUT2D eigenvalue weighted by atomic mass is 16.5. The summed E-state index contributed by atoms with van der Waals surface area (Å²) in [4.78, 5) is 14.7. The van der Waals surface area contributed by atoms with Crippen LogP contribution in [0.2, 0.25) is 0 Å². The van der Waals surface area contributed by atoms with Gasteiger partial charge in [-0.1, -0.05) is 32.6 Å². The van der Waals surface area contributed by atoms with E-state index in [1.54, 1.807) is 7.11 Å². The zero-order valence-electron chi connectivity index (χ0n) is 13.3. The Hall–Kier alpha value is -0.610. The lowest BCUT2D eigenvalue weighted by Gasteiger charge is -2.32. The van der Waals surface area contributed by atoms with Crippen molar-refractivity contribution in [2.75, 3.05) is 26.8 Å². The Bertz CT molecular complexity index is 263. The van der Waals surface area contributed by atoms with Gasteiger partial charge in [0.2, 0.25) is 5.91 Å². The van der Waals surface area contributed by atoms with Crippen LogP contribution < -0.4 is 5.73 Å². The van der Waals surface area contributed by atoms with Crippen molar-refractivity contribution in [1.82, 2.24) is 4.90 Å². The average Bonchev–Trinajstić information content (AvgIpc) is 2.68. The summed E-state index contributed by atoms with van der Waals surface area (Å²) in [5, 5.41) is 0. The van der Waals surface area contributed by atoms with Crippen molar-refractivity contribution >= 4 is 5.91 Å². The fraction of sp³-hybridized carbons (Fsp3) is 0.938. The fourth-order valence-corrected chi connectivity index (χ4v) is 3.10. The molecule has 0 bridgehead atoms. The second kappa shape index (κ2) is 10.2. The molecule has 0 aromatic carbocycles. The van der Waals surface area contributed by atoms with Crippen LogP contribution in [0.4, 0.5) is 0 Å². The summed E-state index contributed by atoms with van der Waals surface area (Å²) in [5.74, 6) is 0.577. The minimum absolute atomic E-state index is 0.287. The standard InChI is InChI=1S/C16H32N2O2/c1-14(13-20-2)12-16(19)18(11-7-10-17)15-8-5-3-4-6-9-15/h14-15H,3-13,17H2,1-2H3. The first-order valence-electron chi connectivity index (χ1n) is 8.17. The second-order valence-corrected chi connectivity index (χ2v) is 6.14. The van der Waals surface area contributed by atoms with Crippen molar-refractivity contribution < 1.29 is 9.53 Å². The van der Waals surface area contributed by atoms with Crippen LogP contribution in [0.15, 0.2) is 0 Å². The van der Waals surface area contributed by atoms with Crippen molar-refractivity contribution in [3.8, 4) is 0 Å². The Morgan fingerprint density at radius 3 is 2.50 bits per heavy atom. The lowest BCUT2D eigenvalue weighted by Crippen LogP contribution is -2.42. The van der Waals surface area contributed by atoms with E-state index < -0.39 is 0 Å². The van der Waals surface area contributed by atoms with E-state index in [4.69, 9.17) is 10.5 Å². The van der Waals surface area contributed by atoms with Gasteiger partial charge >= 0.3 is 0 Å². The van der Waals surface area contributed by atoms with E-state index in [9.17, 15) is 4.79 Å². The van der Waals surface area contributed by atoms with E-state index in [1.165, 1.54) is 25.7 Å². The van der Waals surface area contributed by atoms with Crippen LogP contribution in [-0.2, 0) is 9.53 Å². The molecule has 0 heterocycles. The lowest BCUT2D eigenvalue weighted by atomic mass is 10.0. The van der Waals surface area contributed by atoms with Gasteiger partial charge in [0.15, 0.2) is 0 Å². The zero-order chi connectivity index (χ0) is 14.8. The average molecular weight is 284 g/mol. The fourth-order valence-electron chi connectivity index (χ4n) is 3.10. The van der Waals surface area contributed by atoms with Gasteiger partial charge in [0, 0.05) is 32.7 Å². The molecule has 0 radical (unpaired) electrons. The number of amides is 1. The second-order valence-electron chi connectivity index (χ2n) is 6.14. The molecule has 0 spiro atoms. The summed E-state index contributed by atoms with van der Waals surface area (Å²) in [7, 11) is 1.69. The molecule has 0 aromatic rings. The summed E-state index contributed by atoms with van der Waals surface area (Å²) in [6.45, 7) is 4.21. The van der Waals surface area contributed by atoms with E-state index in [2.05, 4.69) is 11.8 Å². The molecule has 20 heavy (non-hydrogen) atoms. The summed E-state index contributed by atoms with van der Waals surface area (Å²) in [6, 6.07) is 0.436. The van der Waals surface area contributed by atoms with Crippen molar-refractivity contribution in [3.05, 3.63) is 0 Å². The molecule has 1 aliphatic rings. The minimum atomic E-state index is 0.287. The summed E-state index contributed by atoms with van der Waals surface area (Å²) in [5.41, 5.74) is 5.63. The third-order valence-corrected chi connectivity index (χ3v) is 4.16. The lowest BCUT2D eigenvalue weighted by molar-refractivity contribution is -0.135. The zero-order valence-corrected chi connectivity index (χ0v) is 13.3. The molecule has 4 heteroatoms. The maximum absolute atomic E-state index is 12.6. The van der Waals surface area contributed by atoms with Crippen LogP contribution in [0, 0.1) is 5.92 Å². The molecule has 0 saturated heterocycles. The van der Waals surface area contributed by atoms with Gasteiger partial charge in [-0.3, -0.25) is 4.79 Å². The van der Waals surface area contributed by atoms with Crippen molar-refractivity contribution in [1.29, 1.82) is 0 Å². The quantitative estimate of drug-likeness (QED) is 0.697. The highest BCUT2D eigenvalue weighted by molar-refractivity contribution is 5.76. The summed E-state index contributed by atoms with van der Waals surface area (Å²) >= 11 is 0. The Morgan fingerprint density at radius 1 is 1.30 bits per heavy atom. The Balaban J connectivity index is 2.58. The molecule has 118 valence electrons. The summed E-state index contributed by atoms with van der Waals surface area (Å²) in [6.07, 6.45) is 8.96. The van der Waals surface area contributed by atoms with Gasteiger partial charge in [-0.25, -0.2) is 0 Å². The number of hydrogen-bond donors (Lipinski definition) is 1. The van der Waals surface area contributed by atoms with Crippen LogP contribution in [0.25, 0.3) is 0 Å². The smallest absolute Gasteiger partial charge is 0.223 e. The van der Waals surface area contributed by atoms with Crippen LogP contribution in [0.3, 0.4) is 0 Å². The molecule has 1 fully saturated rings. The van der Waals surface area contributed by atoms with Crippen molar-refractivity contribution in [3.63, 3.8) is 0 Å². The molecule has 1 rings (SSSR count). The Morgan fingerprint density at radius 2 is 1.95 bits per heavy atom. The van der Waals surface area contributed by atoms with E-state index in [1.807, 2.05) is 0 Å². The molecular formula is C16H32N2O2. The topological polar surface area (TPSA) is 55.6 Å². The molecule has 0 aromatic heterocycles. The predicted molar refractivity (Wildman–Crippen MR) is 82.5 cm³/mol. The maximum atomic E-state index is 12.6. The monoisotopic (exact) mass is 284 g/mol. The van der Waals surface area contributed by atoms with E-state index in [0.29, 0.717) is 31.5 Å².